The summed E-state index contributed by atoms with van der Waals surface area (Å²) in [5, 5.41) is 14.5. The van der Waals surface area contributed by atoms with Crippen LogP contribution in [0.1, 0.15) is 0 Å². The van der Waals surface area contributed by atoms with Crippen molar-refractivity contribution in [1.29, 1.82) is 0 Å². The van der Waals surface area contributed by atoms with Crippen molar-refractivity contribution in [2.24, 2.45) is 0 Å². The van der Waals surface area contributed by atoms with Gasteiger partial charge in [-0.1, -0.05) is 11.6 Å². The van der Waals surface area contributed by atoms with E-state index in [1.54, 1.807) is 12.1 Å². The fourth-order valence-corrected chi connectivity index (χ4v) is 2.37. The van der Waals surface area contributed by atoms with Crippen molar-refractivity contribution in [3.05, 3.63) is 27.7 Å². The van der Waals surface area contributed by atoms with Crippen LogP contribution >= 0.6 is 27.5 Å². The van der Waals surface area contributed by atoms with Gasteiger partial charge >= 0.3 is 12.0 Å². The van der Waals surface area contributed by atoms with Crippen molar-refractivity contribution in [2.45, 2.75) is 6.04 Å². The maximum Gasteiger partial charge on any atom is 0.328 e. The number of carbonyl (C=O) groups excluding carboxylic acids is 2. The van der Waals surface area contributed by atoms with Crippen molar-refractivity contribution in [3.63, 3.8) is 0 Å². The highest BCUT2D eigenvalue weighted by Gasteiger charge is 2.35. The zero-order valence-corrected chi connectivity index (χ0v) is 12.9. The normalized spacial score (nSPS) is 18.1. The molecule has 0 bridgehead atoms. The highest BCUT2D eigenvalue weighted by molar-refractivity contribution is 9.10. The zero-order valence-electron chi connectivity index (χ0n) is 10.6. The number of hydrogen-bond acceptors (Lipinski definition) is 3. The molecule has 0 radical (unpaired) electrons. The molecule has 1 atom stereocenters. The summed E-state index contributed by atoms with van der Waals surface area (Å²) in [6.45, 7) is -0.445. The molecule has 1 aromatic rings. The lowest BCUT2D eigenvalue weighted by Gasteiger charge is -2.32. The number of nitrogens with zero attached hydrogens (tertiary/aromatic N) is 1. The number of nitrogens with one attached hydrogen (secondary N) is 2. The Morgan fingerprint density at radius 3 is 2.86 bits per heavy atom. The van der Waals surface area contributed by atoms with Gasteiger partial charge in [-0.2, -0.15) is 0 Å². The lowest BCUT2D eigenvalue weighted by molar-refractivity contribution is -0.144. The Morgan fingerprint density at radius 1 is 1.48 bits per heavy atom. The molecule has 1 unspecified atom stereocenters. The van der Waals surface area contributed by atoms with Crippen LogP contribution in [0.2, 0.25) is 5.02 Å². The van der Waals surface area contributed by atoms with Gasteiger partial charge in [0.15, 0.2) is 0 Å². The summed E-state index contributed by atoms with van der Waals surface area (Å²) in [6, 6.07) is 3.01. The van der Waals surface area contributed by atoms with Crippen LogP contribution in [0.3, 0.4) is 0 Å². The van der Waals surface area contributed by atoms with E-state index in [0.29, 0.717) is 15.2 Å². The summed E-state index contributed by atoms with van der Waals surface area (Å²) in [6.07, 6.45) is 0. The molecule has 1 fully saturated rings. The van der Waals surface area contributed by atoms with E-state index in [1.807, 2.05) is 0 Å². The van der Waals surface area contributed by atoms with E-state index in [4.69, 9.17) is 16.7 Å². The minimum Gasteiger partial charge on any atom is -0.480 e. The minimum absolute atomic E-state index is 0.127. The summed E-state index contributed by atoms with van der Waals surface area (Å²) in [7, 11) is 0. The van der Waals surface area contributed by atoms with Crippen LogP contribution in [0.4, 0.5) is 10.5 Å². The highest BCUT2D eigenvalue weighted by atomic mass is 79.9. The van der Waals surface area contributed by atoms with Gasteiger partial charge < -0.3 is 15.7 Å². The molecule has 0 spiro atoms. The van der Waals surface area contributed by atoms with Crippen LogP contribution in [-0.4, -0.2) is 47.0 Å². The van der Waals surface area contributed by atoms with Gasteiger partial charge in [0.25, 0.3) is 0 Å². The van der Waals surface area contributed by atoms with Crippen molar-refractivity contribution in [2.75, 3.05) is 18.4 Å². The smallest absolute Gasteiger partial charge is 0.328 e. The number of piperazine rings is 1. The number of carbonyl (C=O) groups is 3. The third-order valence-electron chi connectivity index (χ3n) is 2.90. The molecule has 1 aromatic carbocycles. The Labute approximate surface area is 133 Å². The number of amides is 3. The molecule has 0 saturated carbocycles. The standard InChI is InChI=1S/C12H11BrClN3O4/c13-7-2-1-6(14)3-8(7)16-12(21)17-5-10(18)15-4-9(17)11(19)20/h1-3,9H,4-5H2,(H,15,18)(H,16,21)(H,19,20). The summed E-state index contributed by atoms with van der Waals surface area (Å²) in [5.41, 5.74) is 0.391. The van der Waals surface area contributed by atoms with Crippen LogP contribution in [-0.2, 0) is 9.59 Å². The van der Waals surface area contributed by atoms with Gasteiger partial charge in [-0.3, -0.25) is 9.69 Å². The Morgan fingerprint density at radius 2 is 2.19 bits per heavy atom. The lowest BCUT2D eigenvalue weighted by atomic mass is 10.2. The summed E-state index contributed by atoms with van der Waals surface area (Å²) in [4.78, 5) is 35.7. The number of urea groups is 1. The number of halogens is 2. The molecular weight excluding hydrogens is 366 g/mol. The third kappa shape index (κ3) is 3.64. The zero-order chi connectivity index (χ0) is 15.6. The number of benzene rings is 1. The fraction of sp³-hybridized carbons (Fsp3) is 0.250. The predicted octanol–water partition coefficient (Wildman–Crippen LogP) is 1.52. The average molecular weight is 377 g/mol. The first-order valence-electron chi connectivity index (χ1n) is 5.90. The van der Waals surface area contributed by atoms with Crippen molar-refractivity contribution in [1.82, 2.24) is 10.2 Å². The van der Waals surface area contributed by atoms with Gasteiger partial charge in [0.1, 0.15) is 12.6 Å². The van der Waals surface area contributed by atoms with Gasteiger partial charge in [0.05, 0.1) is 5.69 Å². The first kappa shape index (κ1) is 15.6. The van der Waals surface area contributed by atoms with Crippen molar-refractivity contribution < 1.29 is 19.5 Å². The van der Waals surface area contributed by atoms with E-state index >= 15 is 0 Å². The first-order valence-corrected chi connectivity index (χ1v) is 7.08. The molecule has 1 aliphatic heterocycles. The predicted molar refractivity (Wildman–Crippen MR) is 79.3 cm³/mol. The Bertz CT molecular complexity index is 610. The van der Waals surface area contributed by atoms with Crippen LogP contribution in [0.25, 0.3) is 0 Å². The van der Waals surface area contributed by atoms with Crippen LogP contribution in [0, 0.1) is 0 Å². The topological polar surface area (TPSA) is 98.7 Å². The van der Waals surface area contributed by atoms with E-state index in [0.717, 1.165) is 4.90 Å². The molecule has 3 N–H and O–H groups in total. The molecule has 7 nitrogen and oxygen atoms in total. The molecule has 3 amide bonds. The second-order valence-corrected chi connectivity index (χ2v) is 5.63. The summed E-state index contributed by atoms with van der Waals surface area (Å²) < 4.78 is 0.591. The van der Waals surface area contributed by atoms with Gasteiger partial charge in [-0.25, -0.2) is 9.59 Å². The molecular formula is C12H11BrClN3O4. The molecule has 1 saturated heterocycles. The van der Waals surface area contributed by atoms with Gasteiger partial charge in [0, 0.05) is 16.0 Å². The maximum absolute atomic E-state index is 12.2. The second kappa shape index (κ2) is 6.31. The van der Waals surface area contributed by atoms with Gasteiger partial charge in [-0.15, -0.1) is 0 Å². The number of carboxylic acid groups (broad SMARTS) is 1. The van der Waals surface area contributed by atoms with E-state index in [9.17, 15) is 14.4 Å². The number of rotatable bonds is 2. The van der Waals surface area contributed by atoms with Crippen LogP contribution < -0.4 is 10.6 Å². The summed E-state index contributed by atoms with van der Waals surface area (Å²) >= 11 is 9.10. The number of anilines is 1. The molecule has 112 valence electrons. The Kier molecular flexibility index (Phi) is 4.69. The van der Waals surface area contributed by atoms with E-state index in [1.165, 1.54) is 6.07 Å². The van der Waals surface area contributed by atoms with E-state index < -0.39 is 23.9 Å². The van der Waals surface area contributed by atoms with Crippen molar-refractivity contribution in [3.8, 4) is 0 Å². The van der Waals surface area contributed by atoms with Gasteiger partial charge in [0.2, 0.25) is 5.91 Å². The number of hydrogen-bond donors (Lipinski definition) is 3. The first-order chi connectivity index (χ1) is 9.88. The quantitative estimate of drug-likeness (QED) is 0.729. The van der Waals surface area contributed by atoms with Crippen LogP contribution in [0.15, 0.2) is 22.7 Å². The summed E-state index contributed by atoms with van der Waals surface area (Å²) in [5.74, 6) is -1.59. The third-order valence-corrected chi connectivity index (χ3v) is 3.83. The highest BCUT2D eigenvalue weighted by Crippen LogP contribution is 2.26. The Balaban J connectivity index is 2.19. The van der Waals surface area contributed by atoms with Crippen LogP contribution in [0.5, 0.6) is 0 Å². The molecule has 1 aliphatic rings. The second-order valence-electron chi connectivity index (χ2n) is 4.34. The molecule has 1 heterocycles. The van der Waals surface area contributed by atoms with Crippen molar-refractivity contribution >= 4 is 51.1 Å². The SMILES string of the molecule is O=C1CN(C(=O)Nc2cc(Cl)ccc2Br)C(C(=O)O)CN1. The maximum atomic E-state index is 12.2. The fourth-order valence-electron chi connectivity index (χ4n) is 1.86. The molecule has 0 aliphatic carbocycles. The lowest BCUT2D eigenvalue weighted by Crippen LogP contribution is -2.60. The van der Waals surface area contributed by atoms with Gasteiger partial charge in [-0.05, 0) is 34.1 Å². The molecule has 9 heteroatoms. The molecule has 21 heavy (non-hydrogen) atoms. The average Bonchev–Trinajstić information content (AvgIpc) is 2.42. The monoisotopic (exact) mass is 375 g/mol. The number of aliphatic carboxylic acids is 1. The van der Waals surface area contributed by atoms with E-state index in [-0.39, 0.29) is 13.1 Å². The minimum atomic E-state index is -1.18. The largest absolute Gasteiger partial charge is 0.480 e. The van der Waals surface area contributed by atoms with E-state index in [2.05, 4.69) is 26.6 Å². The Hall–Kier alpha value is -1.80. The number of carboxylic acids is 1. The molecule has 0 aromatic heterocycles. The molecule has 2 rings (SSSR count).